The molecule has 1 rings (SSSR count). The number of aromatic nitrogens is 1. The minimum atomic E-state index is -0.154. The number of rotatable bonds is 2. The molecular formula is C9H12N2O2S. The van der Waals surface area contributed by atoms with E-state index in [2.05, 4.69) is 0 Å². The zero-order chi connectivity index (χ0) is 10.7. The molecule has 0 saturated carbocycles. The summed E-state index contributed by atoms with van der Waals surface area (Å²) in [4.78, 5) is 11.4. The monoisotopic (exact) mass is 212 g/mol. The average molecular weight is 212 g/mol. The average Bonchev–Trinajstić information content (AvgIpc) is 2.20. The van der Waals surface area contributed by atoms with E-state index in [9.17, 15) is 4.79 Å². The summed E-state index contributed by atoms with van der Waals surface area (Å²) >= 11 is 0.347. The van der Waals surface area contributed by atoms with E-state index in [-0.39, 0.29) is 10.6 Å². The molecule has 0 unspecified atom stereocenters. The summed E-state index contributed by atoms with van der Waals surface area (Å²) in [5, 5.41) is 7.38. The predicted octanol–water partition coefficient (Wildman–Crippen LogP) is 1.48. The molecule has 14 heavy (non-hydrogen) atoms. The van der Waals surface area contributed by atoms with Crippen molar-refractivity contribution in [2.75, 3.05) is 0 Å². The highest BCUT2D eigenvalue weighted by atomic mass is 32.2. The Labute approximate surface area is 86.3 Å². The van der Waals surface area contributed by atoms with Gasteiger partial charge in [0.1, 0.15) is 5.04 Å². The number of aryl methyl sites for hydroxylation is 1. The van der Waals surface area contributed by atoms with Crippen LogP contribution in [0.2, 0.25) is 0 Å². The van der Waals surface area contributed by atoms with Gasteiger partial charge < -0.3 is 9.12 Å². The van der Waals surface area contributed by atoms with Crippen LogP contribution in [0.15, 0.2) is 16.9 Å². The van der Waals surface area contributed by atoms with Crippen LogP contribution in [0.4, 0.5) is 0 Å². The Morgan fingerprint density at radius 1 is 1.64 bits per heavy atom. The summed E-state index contributed by atoms with van der Waals surface area (Å²) in [6, 6.07) is 3.09. The molecule has 1 heterocycles. The van der Waals surface area contributed by atoms with Gasteiger partial charge in [-0.15, -0.1) is 0 Å². The van der Waals surface area contributed by atoms with E-state index < -0.39 is 0 Å². The smallest absolute Gasteiger partial charge is 0.251 e. The maximum atomic E-state index is 11.4. The molecule has 0 bridgehead atoms. The second-order valence-electron chi connectivity index (χ2n) is 2.91. The minimum Gasteiger partial charge on any atom is -0.324 e. The molecule has 0 aliphatic carbocycles. The molecule has 1 aromatic heterocycles. The highest BCUT2D eigenvalue weighted by molar-refractivity contribution is 8.09. The van der Waals surface area contributed by atoms with Crippen LogP contribution < -0.4 is 5.56 Å². The van der Waals surface area contributed by atoms with Gasteiger partial charge in [-0.1, -0.05) is 6.92 Å². The molecule has 0 spiro atoms. The highest BCUT2D eigenvalue weighted by Crippen LogP contribution is 2.09. The standard InChI is InChI=1S/C9H12N2O2S/c1-3-7-4-6(9(10)14-13)5-8(12)11(7)2/h4-5,10,13H,3H2,1-2H3. The molecule has 0 saturated heterocycles. The second-order valence-corrected chi connectivity index (χ2v) is 3.50. The van der Waals surface area contributed by atoms with Gasteiger partial charge in [0.05, 0.1) is 0 Å². The Kier molecular flexibility index (Phi) is 3.49. The number of hydrogen-bond donors (Lipinski definition) is 2. The maximum absolute atomic E-state index is 11.4. The van der Waals surface area contributed by atoms with Crippen molar-refractivity contribution in [1.82, 2.24) is 4.57 Å². The lowest BCUT2D eigenvalue weighted by atomic mass is 10.2. The second kappa shape index (κ2) is 4.43. The first-order valence-electron chi connectivity index (χ1n) is 4.20. The van der Waals surface area contributed by atoms with Gasteiger partial charge in [-0.25, -0.2) is 0 Å². The Morgan fingerprint density at radius 3 is 2.79 bits per heavy atom. The lowest BCUT2D eigenvalue weighted by Crippen LogP contribution is -2.20. The molecule has 0 atom stereocenters. The van der Waals surface area contributed by atoms with E-state index in [4.69, 9.17) is 9.96 Å². The first-order valence-corrected chi connectivity index (χ1v) is 4.97. The fourth-order valence-corrected chi connectivity index (χ4v) is 1.44. The maximum Gasteiger partial charge on any atom is 0.251 e. The molecule has 0 aliphatic heterocycles. The summed E-state index contributed by atoms with van der Waals surface area (Å²) < 4.78 is 10.2. The Morgan fingerprint density at radius 2 is 2.29 bits per heavy atom. The van der Waals surface area contributed by atoms with Crippen LogP contribution in [-0.2, 0) is 13.5 Å². The summed E-state index contributed by atoms with van der Waals surface area (Å²) in [5.74, 6) is 0. The van der Waals surface area contributed by atoms with E-state index in [0.29, 0.717) is 17.6 Å². The zero-order valence-corrected chi connectivity index (χ0v) is 8.89. The molecule has 76 valence electrons. The summed E-state index contributed by atoms with van der Waals surface area (Å²) in [6.45, 7) is 1.94. The summed E-state index contributed by atoms with van der Waals surface area (Å²) in [7, 11) is 1.70. The summed E-state index contributed by atoms with van der Waals surface area (Å²) in [5.41, 5.74) is 1.17. The molecule has 1 aromatic rings. The summed E-state index contributed by atoms with van der Waals surface area (Å²) in [6.07, 6.45) is 0.725. The van der Waals surface area contributed by atoms with E-state index in [1.165, 1.54) is 6.07 Å². The van der Waals surface area contributed by atoms with E-state index in [1.807, 2.05) is 6.92 Å². The number of pyridine rings is 1. The first-order chi connectivity index (χ1) is 6.60. The number of hydrogen-bond acceptors (Lipinski definition) is 4. The largest absolute Gasteiger partial charge is 0.324 e. The SMILES string of the molecule is CCc1cc(C(=N)SO)cc(=O)n1C. The molecule has 0 fully saturated rings. The molecular weight excluding hydrogens is 200 g/mol. The van der Waals surface area contributed by atoms with Gasteiger partial charge in [0.15, 0.2) is 0 Å². The Bertz CT molecular complexity index is 412. The number of nitrogens with zero attached hydrogens (tertiary/aromatic N) is 1. The van der Waals surface area contributed by atoms with Gasteiger partial charge in [-0.2, -0.15) is 0 Å². The van der Waals surface area contributed by atoms with Crippen LogP contribution in [0.3, 0.4) is 0 Å². The fourth-order valence-electron chi connectivity index (χ4n) is 1.21. The molecule has 0 aliphatic rings. The van der Waals surface area contributed by atoms with Crippen molar-refractivity contribution in [2.45, 2.75) is 13.3 Å². The zero-order valence-electron chi connectivity index (χ0n) is 8.07. The van der Waals surface area contributed by atoms with E-state index >= 15 is 0 Å². The lowest BCUT2D eigenvalue weighted by Gasteiger charge is -2.07. The third kappa shape index (κ3) is 2.05. The normalized spacial score (nSPS) is 10.2. The van der Waals surface area contributed by atoms with Crippen molar-refractivity contribution in [3.8, 4) is 0 Å². The molecule has 0 radical (unpaired) electrons. The van der Waals surface area contributed by atoms with Crippen LogP contribution in [-0.4, -0.2) is 14.2 Å². The quantitative estimate of drug-likeness (QED) is 0.443. The third-order valence-corrected chi connectivity index (χ3v) is 2.50. The van der Waals surface area contributed by atoms with Crippen LogP contribution in [0.25, 0.3) is 0 Å². The van der Waals surface area contributed by atoms with Gasteiger partial charge in [0, 0.05) is 36.4 Å². The van der Waals surface area contributed by atoms with Crippen LogP contribution in [0.1, 0.15) is 18.2 Å². The van der Waals surface area contributed by atoms with Crippen molar-refractivity contribution in [2.24, 2.45) is 7.05 Å². The van der Waals surface area contributed by atoms with Crippen molar-refractivity contribution in [3.63, 3.8) is 0 Å². The molecule has 4 nitrogen and oxygen atoms in total. The van der Waals surface area contributed by atoms with Crippen LogP contribution in [0, 0.1) is 5.41 Å². The molecule has 5 heteroatoms. The predicted molar refractivity (Wildman–Crippen MR) is 58.1 cm³/mol. The van der Waals surface area contributed by atoms with Gasteiger partial charge in [-0.3, -0.25) is 10.2 Å². The van der Waals surface area contributed by atoms with Crippen LogP contribution >= 0.6 is 12.0 Å². The molecule has 0 aromatic carbocycles. The molecule has 2 N–H and O–H groups in total. The van der Waals surface area contributed by atoms with Gasteiger partial charge in [-0.05, 0) is 12.5 Å². The van der Waals surface area contributed by atoms with Crippen molar-refractivity contribution in [3.05, 3.63) is 33.7 Å². The minimum absolute atomic E-state index is 0.00241. The Balaban J connectivity index is 3.30. The van der Waals surface area contributed by atoms with Gasteiger partial charge >= 0.3 is 0 Å². The molecule has 0 amide bonds. The third-order valence-electron chi connectivity index (χ3n) is 2.08. The lowest BCUT2D eigenvalue weighted by molar-refractivity contribution is 0.673. The number of nitrogens with one attached hydrogen (secondary N) is 1. The van der Waals surface area contributed by atoms with Crippen molar-refractivity contribution < 1.29 is 4.55 Å². The van der Waals surface area contributed by atoms with Gasteiger partial charge in [0.25, 0.3) is 5.56 Å². The van der Waals surface area contributed by atoms with Crippen molar-refractivity contribution in [1.29, 1.82) is 5.41 Å². The topological polar surface area (TPSA) is 66.1 Å². The highest BCUT2D eigenvalue weighted by Gasteiger charge is 2.06. The van der Waals surface area contributed by atoms with Gasteiger partial charge in [0.2, 0.25) is 0 Å². The Hall–Kier alpha value is -1.07. The van der Waals surface area contributed by atoms with Crippen LogP contribution in [0.5, 0.6) is 0 Å². The van der Waals surface area contributed by atoms with E-state index in [1.54, 1.807) is 17.7 Å². The van der Waals surface area contributed by atoms with E-state index in [0.717, 1.165) is 12.1 Å². The fraction of sp³-hybridized carbons (Fsp3) is 0.333. The first kappa shape index (κ1) is 11.0. The van der Waals surface area contributed by atoms with Crippen molar-refractivity contribution >= 4 is 17.1 Å².